The molecular weight excluding hydrogens is 566 g/mol. The minimum Gasteiger partial charge on any atom is -0.474 e. The minimum absolute atomic E-state index is 0.00445. The first-order chi connectivity index (χ1) is 20.3. The molecule has 3 heterocycles. The Morgan fingerprint density at radius 1 is 1.28 bits per heavy atom. The van der Waals surface area contributed by atoms with Crippen molar-refractivity contribution < 1.29 is 23.1 Å². The van der Waals surface area contributed by atoms with Crippen molar-refractivity contribution in [2.75, 3.05) is 43.6 Å². The summed E-state index contributed by atoms with van der Waals surface area (Å²) in [6.45, 7) is 14.4. The van der Waals surface area contributed by atoms with Crippen LogP contribution in [0.25, 0.3) is 11.3 Å². The number of carbonyl (C=O) groups is 1. The number of halogens is 1. The molecule has 1 aliphatic rings. The summed E-state index contributed by atoms with van der Waals surface area (Å²) in [4.78, 5) is 26.2. The van der Waals surface area contributed by atoms with Crippen LogP contribution in [0.1, 0.15) is 38.8 Å². The van der Waals surface area contributed by atoms with E-state index in [0.717, 1.165) is 11.8 Å². The van der Waals surface area contributed by atoms with Gasteiger partial charge in [-0.05, 0) is 48.0 Å². The number of benzene rings is 1. The van der Waals surface area contributed by atoms with Crippen molar-refractivity contribution in [2.24, 2.45) is 0 Å². The van der Waals surface area contributed by atoms with Gasteiger partial charge in [0.2, 0.25) is 11.8 Å². The highest BCUT2D eigenvalue weighted by atomic mass is 28.4. The van der Waals surface area contributed by atoms with Crippen LogP contribution >= 0.6 is 0 Å². The SMILES string of the molecule is COCCOc1ncccc1Nc1ncc(F)c(-c2cc(C#N)c3c(c2)[C@@](C)(CO[Si](C)(C)C(C)(C)C)CN3[B]C=O)n1. The average molecular weight is 604 g/mol. The molecule has 0 saturated heterocycles. The Balaban J connectivity index is 1.75. The zero-order chi connectivity index (χ0) is 31.4. The Kier molecular flexibility index (Phi) is 9.54. The number of anilines is 3. The van der Waals surface area contributed by atoms with Gasteiger partial charge in [-0.3, -0.25) is 0 Å². The average Bonchev–Trinajstić information content (AvgIpc) is 3.24. The van der Waals surface area contributed by atoms with Crippen molar-refractivity contribution >= 4 is 39.2 Å². The second-order valence-corrected chi connectivity index (χ2v) is 17.1. The lowest BCUT2D eigenvalue weighted by Crippen LogP contribution is -2.46. The highest BCUT2D eigenvalue weighted by Crippen LogP contribution is 2.46. The van der Waals surface area contributed by atoms with Gasteiger partial charge >= 0.3 is 7.41 Å². The predicted octanol–water partition coefficient (Wildman–Crippen LogP) is 5.23. The number of nitriles is 1. The number of ether oxygens (including phenoxy) is 2. The number of aromatic nitrogens is 3. The van der Waals surface area contributed by atoms with Crippen molar-refractivity contribution in [1.82, 2.24) is 15.0 Å². The van der Waals surface area contributed by atoms with Gasteiger partial charge in [0.05, 0.1) is 18.4 Å². The van der Waals surface area contributed by atoms with Crippen LogP contribution < -0.4 is 14.9 Å². The summed E-state index contributed by atoms with van der Waals surface area (Å²) < 4.78 is 32.7. The molecule has 225 valence electrons. The Morgan fingerprint density at radius 2 is 2.05 bits per heavy atom. The molecule has 0 aliphatic carbocycles. The summed E-state index contributed by atoms with van der Waals surface area (Å²) in [6, 6.07) is 9.14. The van der Waals surface area contributed by atoms with Gasteiger partial charge in [0, 0.05) is 43.1 Å². The Morgan fingerprint density at radius 3 is 2.72 bits per heavy atom. The van der Waals surface area contributed by atoms with Crippen LogP contribution in [0.3, 0.4) is 0 Å². The normalized spacial score (nSPS) is 16.4. The van der Waals surface area contributed by atoms with Gasteiger partial charge in [0.25, 0.3) is 0 Å². The van der Waals surface area contributed by atoms with E-state index in [4.69, 9.17) is 13.9 Å². The molecule has 13 heteroatoms. The molecule has 4 rings (SSSR count). The molecule has 2 aromatic heterocycles. The smallest absolute Gasteiger partial charge is 0.329 e. The van der Waals surface area contributed by atoms with Crippen molar-refractivity contribution in [3.05, 3.63) is 53.6 Å². The topological polar surface area (TPSA) is 122 Å². The van der Waals surface area contributed by atoms with Crippen molar-refractivity contribution in [3.8, 4) is 23.2 Å². The van der Waals surface area contributed by atoms with E-state index in [1.54, 1.807) is 36.3 Å². The van der Waals surface area contributed by atoms with E-state index in [2.05, 4.69) is 60.2 Å². The van der Waals surface area contributed by atoms with E-state index in [0.29, 0.717) is 60.9 Å². The third-order valence-electron chi connectivity index (χ3n) is 8.05. The number of fused-ring (bicyclic) bond motifs is 1. The Labute approximate surface area is 254 Å². The summed E-state index contributed by atoms with van der Waals surface area (Å²) in [5, 5.41) is 13.2. The summed E-state index contributed by atoms with van der Waals surface area (Å²) in [5.74, 6) is -0.201. The summed E-state index contributed by atoms with van der Waals surface area (Å²) in [5.41, 5.74) is 2.04. The molecule has 0 spiro atoms. The number of hydrogen-bond donors (Lipinski definition) is 1. The standard InChI is InChI=1S/C30H37BFN6O4Si/c1-29(2,3)43(6,7)42-18-30(4)17-38(31-19-39)26-21(15-33)13-20(14-22(26)30)25-23(32)16-35-28(37-25)36-24-9-8-10-34-27(24)41-12-11-40-5/h8-10,13-14,16,19H,11-12,17-18H2,1-7H3,(H,35,36,37)/t30-/m1/s1. The molecule has 3 aromatic rings. The molecule has 10 nitrogen and oxygen atoms in total. The molecule has 1 N–H and O–H groups in total. The lowest BCUT2D eigenvalue weighted by atomic mass is 9.83. The molecule has 0 amide bonds. The fourth-order valence-corrected chi connectivity index (χ4v) is 5.73. The summed E-state index contributed by atoms with van der Waals surface area (Å²) in [6.07, 6.45) is 3.38. The minimum atomic E-state index is -2.12. The van der Waals surface area contributed by atoms with Gasteiger partial charge in [-0.25, -0.2) is 19.3 Å². The molecule has 1 atom stereocenters. The second-order valence-electron chi connectivity index (χ2n) is 12.3. The van der Waals surface area contributed by atoms with E-state index in [1.165, 1.54) is 7.41 Å². The summed E-state index contributed by atoms with van der Waals surface area (Å²) in [7, 11) is 0.874. The van der Waals surface area contributed by atoms with Gasteiger partial charge in [0.1, 0.15) is 30.2 Å². The molecule has 43 heavy (non-hydrogen) atoms. The number of nitrogens with zero attached hydrogens (tertiary/aromatic N) is 5. The predicted molar refractivity (Wildman–Crippen MR) is 167 cm³/mol. The van der Waals surface area contributed by atoms with E-state index in [1.807, 2.05) is 13.0 Å². The third kappa shape index (κ3) is 6.87. The van der Waals surface area contributed by atoms with Crippen LogP contribution in [0, 0.1) is 17.1 Å². The molecule has 0 unspecified atom stereocenters. The van der Waals surface area contributed by atoms with Gasteiger partial charge in [0.15, 0.2) is 14.1 Å². The molecule has 0 fully saturated rings. The fraction of sp³-hybridized carbons (Fsp3) is 0.433. The van der Waals surface area contributed by atoms with Crippen LogP contribution in [0.15, 0.2) is 36.7 Å². The first-order valence-corrected chi connectivity index (χ1v) is 16.9. The number of hydrogen-bond acceptors (Lipinski definition) is 10. The van der Waals surface area contributed by atoms with Gasteiger partial charge in [-0.15, -0.1) is 0 Å². The first kappa shape index (κ1) is 32.1. The van der Waals surface area contributed by atoms with Crippen LogP contribution in [0.2, 0.25) is 18.1 Å². The fourth-order valence-electron chi connectivity index (χ4n) is 4.62. The molecule has 0 saturated carbocycles. The van der Waals surface area contributed by atoms with Crippen LogP contribution in [0.5, 0.6) is 5.88 Å². The number of rotatable bonds is 12. The monoisotopic (exact) mass is 603 g/mol. The zero-order valence-corrected chi connectivity index (χ0v) is 26.7. The van der Waals surface area contributed by atoms with Crippen molar-refractivity contribution in [1.29, 1.82) is 5.26 Å². The Bertz CT molecular complexity index is 1530. The summed E-state index contributed by atoms with van der Waals surface area (Å²) >= 11 is 0. The number of pyridine rings is 1. The third-order valence-corrected chi connectivity index (χ3v) is 12.5. The largest absolute Gasteiger partial charge is 0.474 e. The van der Waals surface area contributed by atoms with Crippen LogP contribution in [-0.4, -0.2) is 70.3 Å². The lowest BCUT2D eigenvalue weighted by molar-refractivity contribution is 0.144. The highest BCUT2D eigenvalue weighted by Gasteiger charge is 2.44. The Hall–Kier alpha value is -3.86. The van der Waals surface area contributed by atoms with Crippen molar-refractivity contribution in [3.63, 3.8) is 0 Å². The first-order valence-electron chi connectivity index (χ1n) is 14.0. The quantitative estimate of drug-likeness (QED) is 0.167. The number of nitrogens with one attached hydrogen (secondary N) is 1. The number of methoxy groups -OCH3 is 1. The molecular formula is C30H37BFN6O4Si. The second kappa shape index (κ2) is 12.8. The maximum atomic E-state index is 15.3. The van der Waals surface area contributed by atoms with E-state index in [9.17, 15) is 10.1 Å². The van der Waals surface area contributed by atoms with Gasteiger partial charge < -0.3 is 28.8 Å². The van der Waals surface area contributed by atoms with Gasteiger partial charge in [-0.2, -0.15) is 5.26 Å². The lowest BCUT2D eigenvalue weighted by Gasteiger charge is -2.39. The molecule has 1 aromatic carbocycles. The number of carbonyl (C=O) groups excluding carboxylic acids is 1. The van der Waals surface area contributed by atoms with Crippen molar-refractivity contribution in [2.45, 2.75) is 51.2 Å². The van der Waals surface area contributed by atoms with Crippen LogP contribution in [0.4, 0.5) is 21.7 Å². The molecule has 1 radical (unpaired) electrons. The van der Waals surface area contributed by atoms with E-state index in [-0.39, 0.29) is 16.7 Å². The molecule has 1 aliphatic heterocycles. The maximum absolute atomic E-state index is 15.3. The van der Waals surface area contributed by atoms with E-state index >= 15 is 4.39 Å². The molecule has 0 bridgehead atoms. The van der Waals surface area contributed by atoms with Crippen LogP contribution in [-0.2, 0) is 19.4 Å². The highest BCUT2D eigenvalue weighted by molar-refractivity contribution is 6.74. The maximum Gasteiger partial charge on any atom is 0.329 e. The van der Waals surface area contributed by atoms with Gasteiger partial charge in [-0.1, -0.05) is 27.7 Å². The zero-order valence-electron chi connectivity index (χ0n) is 25.7. The van der Waals surface area contributed by atoms with E-state index < -0.39 is 19.5 Å².